The molecule has 1 N–H and O–H groups in total. The fourth-order valence-corrected chi connectivity index (χ4v) is 2.38. The van der Waals surface area contributed by atoms with Crippen molar-refractivity contribution < 1.29 is 14.3 Å². The second-order valence-electron chi connectivity index (χ2n) is 3.91. The van der Waals surface area contributed by atoms with Crippen LogP contribution >= 0.6 is 18.5 Å². The SMILES string of the molecule is CC(=O)/C=C(\O)c1c(F)c(P)c(C)c(C)c1P. The molecule has 0 spiro atoms. The monoisotopic (exact) mass is 272 g/mol. The van der Waals surface area contributed by atoms with Crippen LogP contribution in [0.3, 0.4) is 0 Å². The van der Waals surface area contributed by atoms with Crippen molar-refractivity contribution in [2.45, 2.75) is 20.8 Å². The lowest BCUT2D eigenvalue weighted by Gasteiger charge is -2.15. The molecule has 0 saturated heterocycles. The first-order chi connectivity index (χ1) is 7.77. The van der Waals surface area contributed by atoms with E-state index in [1.807, 2.05) is 13.8 Å². The summed E-state index contributed by atoms with van der Waals surface area (Å²) in [5.41, 5.74) is 1.76. The van der Waals surface area contributed by atoms with E-state index in [0.717, 1.165) is 17.2 Å². The molecule has 0 radical (unpaired) electrons. The number of halogens is 1. The number of rotatable bonds is 2. The van der Waals surface area contributed by atoms with Gasteiger partial charge in [-0.15, -0.1) is 18.5 Å². The van der Waals surface area contributed by atoms with Crippen LogP contribution < -0.4 is 10.6 Å². The van der Waals surface area contributed by atoms with Crippen LogP contribution in [0.1, 0.15) is 23.6 Å². The Bertz CT molecular complexity index is 493. The summed E-state index contributed by atoms with van der Waals surface area (Å²) in [6, 6.07) is 0. The first kappa shape index (κ1) is 14.3. The molecule has 0 aliphatic heterocycles. The van der Waals surface area contributed by atoms with Crippen molar-refractivity contribution in [2.75, 3.05) is 0 Å². The third-order valence-electron chi connectivity index (χ3n) is 2.69. The van der Waals surface area contributed by atoms with Crippen molar-refractivity contribution in [3.8, 4) is 0 Å². The highest BCUT2D eigenvalue weighted by atomic mass is 31.0. The molecule has 0 heterocycles. The van der Waals surface area contributed by atoms with E-state index >= 15 is 0 Å². The van der Waals surface area contributed by atoms with Crippen LogP contribution in [0.5, 0.6) is 0 Å². The number of aliphatic hydroxyl groups is 1. The fourth-order valence-electron chi connectivity index (χ4n) is 1.52. The average molecular weight is 272 g/mol. The van der Waals surface area contributed by atoms with E-state index < -0.39 is 5.82 Å². The first-order valence-electron chi connectivity index (χ1n) is 5.02. The van der Waals surface area contributed by atoms with Crippen LogP contribution in [-0.4, -0.2) is 10.9 Å². The Morgan fingerprint density at radius 2 is 1.71 bits per heavy atom. The number of carbonyl (C=O) groups is 1. The molecule has 2 atom stereocenters. The molecule has 1 aromatic carbocycles. The summed E-state index contributed by atoms with van der Waals surface area (Å²) < 4.78 is 14.1. The molecule has 0 saturated carbocycles. The van der Waals surface area contributed by atoms with Crippen LogP contribution in [0, 0.1) is 19.7 Å². The van der Waals surface area contributed by atoms with Gasteiger partial charge in [-0.1, -0.05) is 0 Å². The predicted octanol–water partition coefficient (Wildman–Crippen LogP) is 1.93. The Labute approximate surface area is 105 Å². The summed E-state index contributed by atoms with van der Waals surface area (Å²) in [4.78, 5) is 10.9. The molecule has 0 bridgehead atoms. The summed E-state index contributed by atoms with van der Waals surface area (Å²) >= 11 is 0. The average Bonchev–Trinajstić information content (AvgIpc) is 2.23. The van der Waals surface area contributed by atoms with Gasteiger partial charge in [0.05, 0.1) is 5.56 Å². The quantitative estimate of drug-likeness (QED) is 0.507. The lowest BCUT2D eigenvalue weighted by Crippen LogP contribution is -2.19. The van der Waals surface area contributed by atoms with E-state index in [1.165, 1.54) is 6.92 Å². The second kappa shape index (κ2) is 5.25. The zero-order valence-corrected chi connectivity index (χ0v) is 12.3. The van der Waals surface area contributed by atoms with E-state index in [2.05, 4.69) is 18.5 Å². The smallest absolute Gasteiger partial charge is 0.156 e. The van der Waals surface area contributed by atoms with E-state index in [-0.39, 0.29) is 17.1 Å². The van der Waals surface area contributed by atoms with Gasteiger partial charge in [-0.25, -0.2) is 4.39 Å². The minimum atomic E-state index is -0.516. The van der Waals surface area contributed by atoms with Gasteiger partial charge in [0, 0.05) is 11.4 Å². The van der Waals surface area contributed by atoms with Crippen molar-refractivity contribution >= 4 is 40.6 Å². The lowest BCUT2D eigenvalue weighted by atomic mass is 10.0. The number of allylic oxidation sites excluding steroid dienone is 1. The fraction of sp³-hybridized carbons (Fsp3) is 0.250. The van der Waals surface area contributed by atoms with Crippen molar-refractivity contribution in [3.05, 3.63) is 28.6 Å². The molecule has 0 fully saturated rings. The Morgan fingerprint density at radius 3 is 2.18 bits per heavy atom. The van der Waals surface area contributed by atoms with Crippen LogP contribution in [0.25, 0.3) is 5.76 Å². The van der Waals surface area contributed by atoms with E-state index in [0.29, 0.717) is 10.6 Å². The minimum Gasteiger partial charge on any atom is -0.507 e. The third-order valence-corrected chi connectivity index (χ3v) is 4.10. The number of hydrogen-bond donors (Lipinski definition) is 1. The number of ketones is 1. The van der Waals surface area contributed by atoms with E-state index in [1.54, 1.807) is 0 Å². The highest BCUT2D eigenvalue weighted by Gasteiger charge is 2.18. The van der Waals surface area contributed by atoms with Crippen molar-refractivity contribution in [1.29, 1.82) is 0 Å². The van der Waals surface area contributed by atoms with Gasteiger partial charge >= 0.3 is 0 Å². The Kier molecular flexibility index (Phi) is 4.41. The third kappa shape index (κ3) is 2.73. The molecule has 92 valence electrons. The van der Waals surface area contributed by atoms with Gasteiger partial charge in [-0.05, 0) is 37.2 Å². The summed E-state index contributed by atoms with van der Waals surface area (Å²) in [6.45, 7) is 4.96. The largest absolute Gasteiger partial charge is 0.507 e. The molecule has 0 amide bonds. The Balaban J connectivity index is 3.61. The van der Waals surface area contributed by atoms with Gasteiger partial charge < -0.3 is 5.11 Å². The maximum absolute atomic E-state index is 14.1. The van der Waals surface area contributed by atoms with Gasteiger partial charge in [0.1, 0.15) is 11.6 Å². The van der Waals surface area contributed by atoms with Gasteiger partial charge in [-0.3, -0.25) is 4.79 Å². The van der Waals surface area contributed by atoms with Gasteiger partial charge in [0.15, 0.2) is 5.78 Å². The number of benzene rings is 1. The summed E-state index contributed by atoms with van der Waals surface area (Å²) in [7, 11) is 4.72. The summed E-state index contributed by atoms with van der Waals surface area (Å²) in [6.07, 6.45) is 1.02. The number of hydrogen-bond acceptors (Lipinski definition) is 2. The zero-order chi connectivity index (χ0) is 13.3. The molecule has 5 heteroatoms. The second-order valence-corrected chi connectivity index (χ2v) is 5.06. The molecule has 17 heavy (non-hydrogen) atoms. The van der Waals surface area contributed by atoms with E-state index in [9.17, 15) is 14.3 Å². The maximum atomic E-state index is 14.1. The number of aliphatic hydroxyl groups excluding tert-OH is 1. The molecular formula is C12H15FO2P2. The van der Waals surface area contributed by atoms with Crippen LogP contribution in [0.15, 0.2) is 6.08 Å². The molecule has 0 aliphatic rings. The highest BCUT2D eigenvalue weighted by Crippen LogP contribution is 2.21. The van der Waals surface area contributed by atoms with Gasteiger partial charge in [0.25, 0.3) is 0 Å². The molecule has 2 nitrogen and oxygen atoms in total. The summed E-state index contributed by atoms with van der Waals surface area (Å²) in [5, 5.41) is 10.8. The maximum Gasteiger partial charge on any atom is 0.156 e. The first-order valence-corrected chi connectivity index (χ1v) is 6.18. The molecule has 1 aromatic rings. The molecule has 2 unspecified atom stereocenters. The van der Waals surface area contributed by atoms with Crippen LogP contribution in [-0.2, 0) is 4.79 Å². The number of carbonyl (C=O) groups excluding carboxylic acids is 1. The zero-order valence-electron chi connectivity index (χ0n) is 9.97. The van der Waals surface area contributed by atoms with Crippen molar-refractivity contribution in [2.24, 2.45) is 0 Å². The molecular weight excluding hydrogens is 257 g/mol. The normalized spacial score (nSPS) is 11.8. The van der Waals surface area contributed by atoms with E-state index in [4.69, 9.17) is 0 Å². The Hall–Kier alpha value is -0.780. The van der Waals surface area contributed by atoms with Crippen molar-refractivity contribution in [3.63, 3.8) is 0 Å². The standard InChI is InChI=1S/C12H15FO2P2/c1-5(14)4-8(15)9-10(13)12(17)7(3)6(2)11(9)16/h4,15H,16-17H2,1-3H3/b8-4-. The van der Waals surface area contributed by atoms with Crippen LogP contribution in [0.4, 0.5) is 4.39 Å². The lowest BCUT2D eigenvalue weighted by molar-refractivity contribution is -0.112. The predicted molar refractivity (Wildman–Crippen MR) is 75.8 cm³/mol. The van der Waals surface area contributed by atoms with Crippen molar-refractivity contribution in [1.82, 2.24) is 0 Å². The molecule has 0 aromatic heterocycles. The molecule has 1 rings (SSSR count). The summed E-state index contributed by atoms with van der Waals surface area (Å²) in [5.74, 6) is -1.18. The van der Waals surface area contributed by atoms with Crippen LogP contribution in [0.2, 0.25) is 0 Å². The molecule has 0 aliphatic carbocycles. The minimum absolute atomic E-state index is 0.0679. The topological polar surface area (TPSA) is 37.3 Å². The Morgan fingerprint density at radius 1 is 1.24 bits per heavy atom. The van der Waals surface area contributed by atoms with Gasteiger partial charge in [0.2, 0.25) is 0 Å². The highest BCUT2D eigenvalue weighted by molar-refractivity contribution is 7.29. The van der Waals surface area contributed by atoms with Gasteiger partial charge in [-0.2, -0.15) is 0 Å².